The van der Waals surface area contributed by atoms with Crippen LogP contribution in [0.3, 0.4) is 0 Å². The Bertz CT molecular complexity index is 535. The third kappa shape index (κ3) is 3.23. The fourth-order valence-electron chi connectivity index (χ4n) is 2.52. The van der Waals surface area contributed by atoms with Crippen molar-refractivity contribution < 1.29 is 19.1 Å². The van der Waals surface area contributed by atoms with Gasteiger partial charge in [0.1, 0.15) is 5.82 Å². The highest BCUT2D eigenvalue weighted by molar-refractivity contribution is 5.91. The van der Waals surface area contributed by atoms with E-state index in [1.807, 2.05) is 13.8 Å². The molecule has 21 heavy (non-hydrogen) atoms. The normalized spacial score (nSPS) is 17.3. The maximum atomic E-state index is 13.0. The van der Waals surface area contributed by atoms with E-state index in [0.717, 1.165) is 5.56 Å². The van der Waals surface area contributed by atoms with Gasteiger partial charge in [0.05, 0.1) is 11.3 Å². The van der Waals surface area contributed by atoms with Gasteiger partial charge in [0.2, 0.25) is 5.91 Å². The molecule has 0 aliphatic heterocycles. The topological polar surface area (TPSA) is 66.4 Å². The van der Waals surface area contributed by atoms with Crippen LogP contribution < -0.4 is 5.32 Å². The second-order valence-electron chi connectivity index (χ2n) is 5.99. The van der Waals surface area contributed by atoms with Crippen molar-refractivity contribution in [2.75, 3.05) is 6.54 Å². The number of carbonyl (C=O) groups excluding carboxylic acids is 1. The van der Waals surface area contributed by atoms with Crippen molar-refractivity contribution in [3.8, 4) is 0 Å². The molecule has 0 heterocycles. The molecule has 114 valence electrons. The standard InChI is InChI=1S/C16H20FNO3/c1-10(2)13(14(19)20)9-18-15(21)16(7-8-16)11-3-5-12(17)6-4-11/h3-6,10,13H,7-9H2,1-2H3,(H,18,21)(H,19,20). The van der Waals surface area contributed by atoms with Gasteiger partial charge in [-0.15, -0.1) is 0 Å². The van der Waals surface area contributed by atoms with Gasteiger partial charge in [-0.1, -0.05) is 26.0 Å². The molecular formula is C16H20FNO3. The third-order valence-corrected chi connectivity index (χ3v) is 4.19. The smallest absolute Gasteiger partial charge is 0.308 e. The molecule has 1 amide bonds. The number of hydrogen-bond acceptors (Lipinski definition) is 2. The van der Waals surface area contributed by atoms with Gasteiger partial charge >= 0.3 is 5.97 Å². The van der Waals surface area contributed by atoms with E-state index in [4.69, 9.17) is 5.11 Å². The Balaban J connectivity index is 2.03. The van der Waals surface area contributed by atoms with Crippen LogP contribution in [0.2, 0.25) is 0 Å². The Labute approximate surface area is 123 Å². The van der Waals surface area contributed by atoms with Crippen LogP contribution in [-0.2, 0) is 15.0 Å². The van der Waals surface area contributed by atoms with Gasteiger partial charge in [0.15, 0.2) is 0 Å². The summed E-state index contributed by atoms with van der Waals surface area (Å²) in [5.74, 6) is -2.06. The van der Waals surface area contributed by atoms with Crippen LogP contribution >= 0.6 is 0 Å². The zero-order valence-electron chi connectivity index (χ0n) is 12.2. The van der Waals surface area contributed by atoms with E-state index in [1.165, 1.54) is 12.1 Å². The van der Waals surface area contributed by atoms with Crippen LogP contribution in [0.1, 0.15) is 32.3 Å². The molecule has 2 rings (SSSR count). The van der Waals surface area contributed by atoms with Gasteiger partial charge in [-0.05, 0) is 36.5 Å². The molecule has 2 N–H and O–H groups in total. The summed E-state index contributed by atoms with van der Waals surface area (Å²) in [6.07, 6.45) is 1.42. The molecule has 1 aliphatic rings. The maximum Gasteiger partial charge on any atom is 0.308 e. The summed E-state index contributed by atoms with van der Waals surface area (Å²) in [6, 6.07) is 5.94. The highest BCUT2D eigenvalue weighted by Gasteiger charge is 2.51. The van der Waals surface area contributed by atoms with Crippen molar-refractivity contribution in [1.29, 1.82) is 0 Å². The second-order valence-corrected chi connectivity index (χ2v) is 5.99. The molecule has 1 saturated carbocycles. The number of carboxylic acid groups (broad SMARTS) is 1. The molecular weight excluding hydrogens is 273 g/mol. The minimum absolute atomic E-state index is 0.0521. The van der Waals surface area contributed by atoms with Crippen LogP contribution in [0.25, 0.3) is 0 Å². The van der Waals surface area contributed by atoms with Crippen LogP contribution in [0.4, 0.5) is 4.39 Å². The van der Waals surface area contributed by atoms with E-state index >= 15 is 0 Å². The Morgan fingerprint density at radius 2 is 1.86 bits per heavy atom. The summed E-state index contributed by atoms with van der Waals surface area (Å²) in [5.41, 5.74) is 0.186. The summed E-state index contributed by atoms with van der Waals surface area (Å²) in [4.78, 5) is 23.5. The van der Waals surface area contributed by atoms with E-state index in [9.17, 15) is 14.0 Å². The Morgan fingerprint density at radius 1 is 1.29 bits per heavy atom. The van der Waals surface area contributed by atoms with Gasteiger partial charge < -0.3 is 10.4 Å². The zero-order chi connectivity index (χ0) is 15.6. The van der Waals surface area contributed by atoms with Crippen molar-refractivity contribution in [3.05, 3.63) is 35.6 Å². The molecule has 1 aromatic rings. The first-order valence-electron chi connectivity index (χ1n) is 7.14. The SMILES string of the molecule is CC(C)C(CNC(=O)C1(c2ccc(F)cc2)CC1)C(=O)O. The van der Waals surface area contributed by atoms with Crippen molar-refractivity contribution >= 4 is 11.9 Å². The van der Waals surface area contributed by atoms with Crippen molar-refractivity contribution in [3.63, 3.8) is 0 Å². The first-order chi connectivity index (χ1) is 9.86. The fourth-order valence-corrected chi connectivity index (χ4v) is 2.52. The summed E-state index contributed by atoms with van der Waals surface area (Å²) in [7, 11) is 0. The van der Waals surface area contributed by atoms with E-state index in [0.29, 0.717) is 12.8 Å². The summed E-state index contributed by atoms with van der Waals surface area (Å²) >= 11 is 0. The predicted octanol–water partition coefficient (Wildman–Crippen LogP) is 2.33. The maximum absolute atomic E-state index is 13.0. The second kappa shape index (κ2) is 5.84. The summed E-state index contributed by atoms with van der Waals surface area (Å²) in [6.45, 7) is 3.75. The molecule has 1 aromatic carbocycles. The first kappa shape index (κ1) is 15.5. The van der Waals surface area contributed by atoms with Gasteiger partial charge in [0.25, 0.3) is 0 Å². The highest BCUT2D eigenvalue weighted by Crippen LogP contribution is 2.48. The minimum Gasteiger partial charge on any atom is -0.481 e. The van der Waals surface area contributed by atoms with Gasteiger partial charge in [-0.25, -0.2) is 4.39 Å². The van der Waals surface area contributed by atoms with Crippen LogP contribution in [0.5, 0.6) is 0 Å². The van der Waals surface area contributed by atoms with Crippen LogP contribution in [0, 0.1) is 17.7 Å². The summed E-state index contributed by atoms with van der Waals surface area (Å²) < 4.78 is 13.0. The van der Waals surface area contributed by atoms with E-state index in [2.05, 4.69) is 5.32 Å². The van der Waals surface area contributed by atoms with Gasteiger partial charge in [-0.2, -0.15) is 0 Å². The Morgan fingerprint density at radius 3 is 2.29 bits per heavy atom. The number of halogens is 1. The van der Waals surface area contributed by atoms with E-state index < -0.39 is 17.3 Å². The molecule has 5 heteroatoms. The first-order valence-corrected chi connectivity index (χ1v) is 7.14. The minimum atomic E-state index is -0.906. The number of carboxylic acids is 1. The molecule has 0 bridgehead atoms. The largest absolute Gasteiger partial charge is 0.481 e. The molecule has 1 aliphatic carbocycles. The summed E-state index contributed by atoms with van der Waals surface area (Å²) in [5, 5.41) is 11.9. The Kier molecular flexibility index (Phi) is 4.30. The number of hydrogen-bond donors (Lipinski definition) is 2. The van der Waals surface area contributed by atoms with Crippen molar-refractivity contribution in [1.82, 2.24) is 5.32 Å². The number of rotatable bonds is 6. The number of aliphatic carboxylic acids is 1. The molecule has 0 radical (unpaired) electrons. The quantitative estimate of drug-likeness (QED) is 0.846. The molecule has 1 unspecified atom stereocenters. The number of benzene rings is 1. The molecule has 0 aromatic heterocycles. The Hall–Kier alpha value is -1.91. The van der Waals surface area contributed by atoms with Crippen molar-refractivity contribution in [2.45, 2.75) is 32.1 Å². The average Bonchev–Trinajstić information content (AvgIpc) is 3.20. The lowest BCUT2D eigenvalue weighted by Crippen LogP contribution is -2.40. The number of nitrogens with one attached hydrogen (secondary N) is 1. The molecule has 4 nitrogen and oxygen atoms in total. The zero-order valence-corrected chi connectivity index (χ0v) is 12.2. The molecule has 0 spiro atoms. The third-order valence-electron chi connectivity index (χ3n) is 4.19. The lowest BCUT2D eigenvalue weighted by atomic mass is 9.93. The highest BCUT2D eigenvalue weighted by atomic mass is 19.1. The molecule has 1 atom stereocenters. The monoisotopic (exact) mass is 293 g/mol. The fraction of sp³-hybridized carbons (Fsp3) is 0.500. The van der Waals surface area contributed by atoms with Gasteiger partial charge in [0, 0.05) is 6.54 Å². The van der Waals surface area contributed by atoms with Crippen LogP contribution in [0.15, 0.2) is 24.3 Å². The number of amides is 1. The van der Waals surface area contributed by atoms with Crippen molar-refractivity contribution in [2.24, 2.45) is 11.8 Å². The van der Waals surface area contributed by atoms with Gasteiger partial charge in [-0.3, -0.25) is 9.59 Å². The van der Waals surface area contributed by atoms with E-state index in [1.54, 1.807) is 12.1 Å². The average molecular weight is 293 g/mol. The molecule has 0 saturated heterocycles. The predicted molar refractivity (Wildman–Crippen MR) is 76.3 cm³/mol. The lowest BCUT2D eigenvalue weighted by molar-refractivity contribution is -0.143. The van der Waals surface area contributed by atoms with Crippen LogP contribution in [-0.4, -0.2) is 23.5 Å². The molecule has 1 fully saturated rings. The number of carbonyl (C=O) groups is 2. The van der Waals surface area contributed by atoms with E-state index in [-0.39, 0.29) is 24.2 Å². The lowest BCUT2D eigenvalue weighted by Gasteiger charge is -2.20.